The third-order valence-electron chi connectivity index (χ3n) is 4.76. The Balaban J connectivity index is -0.00000264. The van der Waals surface area contributed by atoms with Gasteiger partial charge in [0.25, 0.3) is 10.1 Å². The molecule has 0 radical (unpaired) electrons. The van der Waals surface area contributed by atoms with Crippen LogP contribution in [0.1, 0.15) is 124 Å². The fourth-order valence-electron chi connectivity index (χ4n) is 3.19. The minimum atomic E-state index is -3.75. The van der Waals surface area contributed by atoms with Crippen LogP contribution in [-0.4, -0.2) is 18.7 Å². The molecule has 0 amide bonds. The Kier molecular flexibility index (Phi) is 23.9. The Morgan fingerprint density at radius 2 is 0.800 bits per heavy atom. The van der Waals surface area contributed by atoms with Crippen molar-refractivity contribution in [3.8, 4) is 0 Å². The Hall–Kier alpha value is 0.910. The molecule has 1 N–H and O–H groups in total. The molecule has 0 fully saturated rings. The van der Waals surface area contributed by atoms with Crippen LogP contribution in [0.15, 0.2) is 0 Å². The van der Waals surface area contributed by atoms with Gasteiger partial charge < -0.3 is 1.43 Å². The minimum Gasteiger partial charge on any atom is -1.00 e. The zero-order valence-corrected chi connectivity index (χ0v) is 19.9. The quantitative estimate of drug-likeness (QED) is 0.207. The summed E-state index contributed by atoms with van der Waals surface area (Å²) in [4.78, 5) is 0. The van der Waals surface area contributed by atoms with E-state index in [1.54, 1.807) is 0 Å². The fourth-order valence-corrected chi connectivity index (χ4v) is 3.76. The predicted octanol–water partition coefficient (Wildman–Crippen LogP) is 4.03. The van der Waals surface area contributed by atoms with Crippen molar-refractivity contribution in [2.24, 2.45) is 0 Å². The van der Waals surface area contributed by atoms with Gasteiger partial charge in [0.1, 0.15) is 0 Å². The fraction of sp³-hybridized carbons (Fsp3) is 1.00. The third-order valence-corrected chi connectivity index (χ3v) is 5.56. The second-order valence-electron chi connectivity index (χ2n) is 7.30. The van der Waals surface area contributed by atoms with Gasteiger partial charge in [-0.3, -0.25) is 4.55 Å². The van der Waals surface area contributed by atoms with E-state index in [0.717, 1.165) is 12.8 Å². The van der Waals surface area contributed by atoms with Crippen molar-refractivity contribution in [3.05, 3.63) is 0 Å². The Morgan fingerprint density at radius 1 is 0.560 bits per heavy atom. The second-order valence-corrected chi connectivity index (χ2v) is 8.87. The van der Waals surface area contributed by atoms with Crippen LogP contribution in [0.2, 0.25) is 0 Å². The van der Waals surface area contributed by atoms with Crippen molar-refractivity contribution in [1.82, 2.24) is 0 Å². The number of rotatable bonds is 19. The molecule has 0 aliphatic carbocycles. The van der Waals surface area contributed by atoms with Gasteiger partial charge >= 0.3 is 29.6 Å². The number of hydrogen-bond donors (Lipinski definition) is 1. The first-order chi connectivity index (χ1) is 11.6. The van der Waals surface area contributed by atoms with Crippen LogP contribution in [0.3, 0.4) is 0 Å². The first kappa shape index (κ1) is 28.1. The van der Waals surface area contributed by atoms with E-state index in [0.29, 0.717) is 6.42 Å². The van der Waals surface area contributed by atoms with Crippen molar-refractivity contribution in [2.45, 2.75) is 122 Å². The van der Waals surface area contributed by atoms with Crippen LogP contribution in [0.4, 0.5) is 0 Å². The largest absolute Gasteiger partial charge is 1.00 e. The molecule has 0 heterocycles. The molecule has 148 valence electrons. The maximum absolute atomic E-state index is 10.6. The molecular weight excluding hydrogens is 343 g/mol. The van der Waals surface area contributed by atoms with Gasteiger partial charge in [0, 0.05) is 0 Å². The molecule has 0 aromatic carbocycles. The molecular formula is C20H43NaO3S. The molecule has 0 saturated heterocycles. The van der Waals surface area contributed by atoms with Crippen molar-refractivity contribution in [2.75, 3.05) is 5.75 Å². The van der Waals surface area contributed by atoms with E-state index in [1.165, 1.54) is 96.3 Å². The second kappa shape index (κ2) is 21.2. The van der Waals surface area contributed by atoms with E-state index in [1.807, 2.05) is 0 Å². The maximum Gasteiger partial charge on any atom is 1.00 e. The summed E-state index contributed by atoms with van der Waals surface area (Å²) < 4.78 is 29.7. The summed E-state index contributed by atoms with van der Waals surface area (Å²) in [5.74, 6) is -0.0776. The van der Waals surface area contributed by atoms with Gasteiger partial charge in [0.15, 0.2) is 0 Å². The summed E-state index contributed by atoms with van der Waals surface area (Å²) in [6.45, 7) is 2.27. The molecule has 5 heteroatoms. The summed E-state index contributed by atoms with van der Waals surface area (Å²) in [7, 11) is -3.75. The van der Waals surface area contributed by atoms with Crippen LogP contribution < -0.4 is 29.6 Å². The molecule has 0 saturated carbocycles. The molecule has 0 aromatic rings. The average Bonchev–Trinajstić information content (AvgIpc) is 2.52. The molecule has 0 aliphatic heterocycles. The van der Waals surface area contributed by atoms with Crippen LogP contribution in [-0.2, 0) is 10.1 Å². The van der Waals surface area contributed by atoms with Gasteiger partial charge in [-0.25, -0.2) is 0 Å². The molecule has 0 atom stereocenters. The zero-order chi connectivity index (χ0) is 17.9. The predicted molar refractivity (Wildman–Crippen MR) is 106 cm³/mol. The Morgan fingerprint density at radius 3 is 1.04 bits per heavy atom. The van der Waals surface area contributed by atoms with E-state index in [-0.39, 0.29) is 36.7 Å². The van der Waals surface area contributed by atoms with Crippen molar-refractivity contribution in [1.29, 1.82) is 0 Å². The molecule has 0 unspecified atom stereocenters. The van der Waals surface area contributed by atoms with Crippen LogP contribution >= 0.6 is 0 Å². The SMILES string of the molecule is CCCCCCCCCCCCCCCCCCCCS(=O)(=O)O.[H-].[Na+]. The maximum atomic E-state index is 10.6. The molecule has 25 heavy (non-hydrogen) atoms. The smallest absolute Gasteiger partial charge is 1.00 e. The van der Waals surface area contributed by atoms with Crippen molar-refractivity contribution in [3.63, 3.8) is 0 Å². The molecule has 0 aromatic heterocycles. The van der Waals surface area contributed by atoms with Crippen LogP contribution in [0, 0.1) is 0 Å². The summed E-state index contributed by atoms with van der Waals surface area (Å²) in [6.07, 6.45) is 23.2. The molecule has 0 rings (SSSR count). The van der Waals surface area contributed by atoms with E-state index in [4.69, 9.17) is 4.55 Å². The Bertz CT molecular complexity index is 351. The van der Waals surface area contributed by atoms with Crippen LogP contribution in [0.25, 0.3) is 0 Å². The molecule has 0 bridgehead atoms. The van der Waals surface area contributed by atoms with Gasteiger partial charge in [-0.1, -0.05) is 116 Å². The van der Waals surface area contributed by atoms with E-state index >= 15 is 0 Å². The number of unbranched alkanes of at least 4 members (excludes halogenated alkanes) is 17. The average molecular weight is 387 g/mol. The van der Waals surface area contributed by atoms with E-state index in [9.17, 15) is 8.42 Å². The van der Waals surface area contributed by atoms with E-state index < -0.39 is 10.1 Å². The van der Waals surface area contributed by atoms with Gasteiger partial charge in [0.2, 0.25) is 0 Å². The summed E-state index contributed by atoms with van der Waals surface area (Å²) in [5.41, 5.74) is 0. The zero-order valence-electron chi connectivity index (χ0n) is 18.1. The Labute approximate surface area is 181 Å². The molecule has 0 aliphatic rings. The summed E-state index contributed by atoms with van der Waals surface area (Å²) >= 11 is 0. The van der Waals surface area contributed by atoms with Crippen molar-refractivity contribution < 1.29 is 44.0 Å². The first-order valence-electron chi connectivity index (χ1n) is 10.5. The van der Waals surface area contributed by atoms with Gasteiger partial charge in [0.05, 0.1) is 5.75 Å². The van der Waals surface area contributed by atoms with Gasteiger partial charge in [-0.15, -0.1) is 0 Å². The molecule has 0 spiro atoms. The standard InChI is InChI=1S/C20H42O3S.Na.H/c1-2-3-4-5-6-7-8-9-10-11-12-13-14-15-16-17-18-19-20-24(21,22)23;;/h2-20H2,1H3,(H,21,22,23);;/q;+1;-1. The van der Waals surface area contributed by atoms with Crippen molar-refractivity contribution >= 4 is 10.1 Å². The topological polar surface area (TPSA) is 54.4 Å². The molecule has 3 nitrogen and oxygen atoms in total. The third kappa shape index (κ3) is 27.2. The van der Waals surface area contributed by atoms with Gasteiger partial charge in [-0.05, 0) is 6.42 Å². The van der Waals surface area contributed by atoms with E-state index in [2.05, 4.69) is 6.92 Å². The normalized spacial score (nSPS) is 11.4. The first-order valence-corrected chi connectivity index (χ1v) is 12.1. The monoisotopic (exact) mass is 386 g/mol. The summed E-state index contributed by atoms with van der Waals surface area (Å²) in [5, 5.41) is 0. The van der Waals surface area contributed by atoms with Gasteiger partial charge in [-0.2, -0.15) is 8.42 Å². The summed E-state index contributed by atoms with van der Waals surface area (Å²) in [6, 6.07) is 0. The number of hydrogen-bond acceptors (Lipinski definition) is 2. The van der Waals surface area contributed by atoms with Crippen LogP contribution in [0.5, 0.6) is 0 Å². The minimum absolute atomic E-state index is 0.